The van der Waals surface area contributed by atoms with Gasteiger partial charge in [0.15, 0.2) is 0 Å². The van der Waals surface area contributed by atoms with Gasteiger partial charge in [-0.2, -0.15) is 9.78 Å². The number of aliphatic hydroxyl groups is 1. The van der Waals surface area contributed by atoms with Gasteiger partial charge in [0, 0.05) is 22.7 Å². The molecule has 3 N–H and O–H groups in total. The Hall–Kier alpha value is -2.49. The average molecular weight is 453 g/mol. The molecule has 0 unspecified atom stereocenters. The van der Waals surface area contributed by atoms with Crippen LogP contribution in [0.2, 0.25) is 5.02 Å². The maximum Gasteiger partial charge on any atom is 0.343 e. The molecule has 1 aromatic heterocycles. The van der Waals surface area contributed by atoms with Crippen LogP contribution in [0.5, 0.6) is 0 Å². The van der Waals surface area contributed by atoms with Crippen LogP contribution in [-0.4, -0.2) is 52.6 Å². The van der Waals surface area contributed by atoms with E-state index in [4.69, 9.17) is 21.4 Å². The minimum Gasteiger partial charge on any atom is -0.395 e. The summed E-state index contributed by atoms with van der Waals surface area (Å²) in [6.45, 7) is 5.85. The SMILES string of the molecule is CC(C)(C)[C@H](NC(=O)n1nc(-c2cc(Cl)ccc2F)c2c1COCC2)C(=O)NCCO. The number of ether oxygens (including phenoxy) is 1. The van der Waals surface area contributed by atoms with E-state index in [-0.39, 0.29) is 25.3 Å². The van der Waals surface area contributed by atoms with Crippen molar-refractivity contribution in [2.45, 2.75) is 39.8 Å². The highest BCUT2D eigenvalue weighted by Gasteiger charge is 2.34. The van der Waals surface area contributed by atoms with Gasteiger partial charge in [0.25, 0.3) is 0 Å². The minimum atomic E-state index is -0.887. The summed E-state index contributed by atoms with van der Waals surface area (Å²) < 4.78 is 21.1. The zero-order valence-corrected chi connectivity index (χ0v) is 18.4. The monoisotopic (exact) mass is 452 g/mol. The summed E-state index contributed by atoms with van der Waals surface area (Å²) in [6.07, 6.45) is 0.462. The predicted molar refractivity (Wildman–Crippen MR) is 113 cm³/mol. The van der Waals surface area contributed by atoms with Gasteiger partial charge in [0.1, 0.15) is 11.9 Å². The Morgan fingerprint density at radius 3 is 2.81 bits per heavy atom. The number of hydrogen-bond acceptors (Lipinski definition) is 5. The molecule has 2 aromatic rings. The molecular weight excluding hydrogens is 427 g/mol. The highest BCUT2D eigenvalue weighted by Crippen LogP contribution is 2.32. The van der Waals surface area contributed by atoms with Crippen molar-refractivity contribution in [1.82, 2.24) is 20.4 Å². The first-order valence-corrected chi connectivity index (χ1v) is 10.3. The Bertz CT molecular complexity index is 986. The fraction of sp³-hybridized carbons (Fsp3) is 0.476. The number of hydrogen-bond donors (Lipinski definition) is 3. The Morgan fingerprint density at radius 2 is 2.13 bits per heavy atom. The van der Waals surface area contributed by atoms with Gasteiger partial charge in [-0.3, -0.25) is 4.79 Å². The van der Waals surface area contributed by atoms with Crippen LogP contribution >= 0.6 is 11.6 Å². The molecule has 8 nitrogen and oxygen atoms in total. The molecule has 0 saturated carbocycles. The molecule has 0 spiro atoms. The number of benzene rings is 1. The number of rotatable bonds is 5. The van der Waals surface area contributed by atoms with Crippen LogP contribution < -0.4 is 10.6 Å². The molecule has 2 amide bonds. The molecule has 0 fully saturated rings. The molecular formula is C21H26ClFN4O4. The maximum atomic E-state index is 14.5. The van der Waals surface area contributed by atoms with E-state index in [2.05, 4.69) is 15.7 Å². The highest BCUT2D eigenvalue weighted by molar-refractivity contribution is 6.30. The molecule has 1 atom stereocenters. The van der Waals surface area contributed by atoms with Crippen LogP contribution in [-0.2, 0) is 22.6 Å². The topological polar surface area (TPSA) is 105 Å². The fourth-order valence-electron chi connectivity index (χ4n) is 3.44. The van der Waals surface area contributed by atoms with Gasteiger partial charge in [-0.25, -0.2) is 9.18 Å². The van der Waals surface area contributed by atoms with Gasteiger partial charge in [0.05, 0.1) is 31.2 Å². The van der Waals surface area contributed by atoms with Crippen molar-refractivity contribution in [2.75, 3.05) is 19.8 Å². The second-order valence-corrected chi connectivity index (χ2v) is 8.81. The van der Waals surface area contributed by atoms with Crippen molar-refractivity contribution in [3.63, 3.8) is 0 Å². The number of carbonyl (C=O) groups excluding carboxylic acids is 2. The van der Waals surface area contributed by atoms with Gasteiger partial charge >= 0.3 is 6.03 Å². The molecule has 3 rings (SSSR count). The van der Waals surface area contributed by atoms with Crippen LogP contribution in [0.4, 0.5) is 9.18 Å². The molecule has 10 heteroatoms. The van der Waals surface area contributed by atoms with Crippen molar-refractivity contribution in [1.29, 1.82) is 0 Å². The van der Waals surface area contributed by atoms with E-state index >= 15 is 0 Å². The first-order chi connectivity index (χ1) is 14.6. The summed E-state index contributed by atoms with van der Waals surface area (Å²) in [6, 6.07) is 2.65. The molecule has 2 heterocycles. The van der Waals surface area contributed by atoms with Crippen LogP contribution in [0.3, 0.4) is 0 Å². The van der Waals surface area contributed by atoms with Crippen LogP contribution in [0, 0.1) is 11.2 Å². The quantitative estimate of drug-likeness (QED) is 0.646. The number of aromatic nitrogens is 2. The number of halogens is 2. The number of fused-ring (bicyclic) bond motifs is 1. The third-order valence-corrected chi connectivity index (χ3v) is 5.24. The van der Waals surface area contributed by atoms with Crippen molar-refractivity contribution in [3.8, 4) is 11.3 Å². The predicted octanol–water partition coefficient (Wildman–Crippen LogP) is 2.50. The molecule has 0 saturated heterocycles. The summed E-state index contributed by atoms with van der Waals surface area (Å²) in [4.78, 5) is 25.7. The largest absolute Gasteiger partial charge is 0.395 e. The smallest absolute Gasteiger partial charge is 0.343 e. The summed E-state index contributed by atoms with van der Waals surface area (Å²) in [5.74, 6) is -0.923. The zero-order chi connectivity index (χ0) is 22.8. The number of amides is 2. The summed E-state index contributed by atoms with van der Waals surface area (Å²) in [5.41, 5.74) is 1.12. The van der Waals surface area contributed by atoms with Crippen molar-refractivity contribution < 1.29 is 23.8 Å². The van der Waals surface area contributed by atoms with Crippen molar-refractivity contribution in [2.24, 2.45) is 5.41 Å². The third kappa shape index (κ3) is 5.06. The van der Waals surface area contributed by atoms with Crippen molar-refractivity contribution in [3.05, 3.63) is 40.3 Å². The number of nitrogens with one attached hydrogen (secondary N) is 2. The van der Waals surface area contributed by atoms with E-state index in [1.165, 1.54) is 18.2 Å². The molecule has 1 aliphatic heterocycles. The van der Waals surface area contributed by atoms with Gasteiger partial charge < -0.3 is 20.5 Å². The summed E-state index contributed by atoms with van der Waals surface area (Å²) in [5, 5.41) is 19.0. The fourth-order valence-corrected chi connectivity index (χ4v) is 3.62. The van der Waals surface area contributed by atoms with E-state index in [0.29, 0.717) is 35.0 Å². The molecule has 31 heavy (non-hydrogen) atoms. The van der Waals surface area contributed by atoms with Crippen molar-refractivity contribution >= 4 is 23.5 Å². The minimum absolute atomic E-state index is 0.0739. The second-order valence-electron chi connectivity index (χ2n) is 8.38. The molecule has 168 valence electrons. The maximum absolute atomic E-state index is 14.5. The normalized spacial score (nSPS) is 14.6. The first kappa shape index (κ1) is 23.2. The molecule has 0 aliphatic carbocycles. The van der Waals surface area contributed by atoms with E-state index in [9.17, 15) is 14.0 Å². The number of nitrogens with zero attached hydrogens (tertiary/aromatic N) is 2. The van der Waals surface area contributed by atoms with E-state index in [1.807, 2.05) is 20.8 Å². The van der Waals surface area contributed by atoms with Gasteiger partial charge in [-0.05, 0) is 30.0 Å². The Morgan fingerprint density at radius 1 is 1.39 bits per heavy atom. The van der Waals surface area contributed by atoms with Crippen LogP contribution in [0.1, 0.15) is 32.0 Å². The molecule has 0 bridgehead atoms. The Balaban J connectivity index is 1.98. The molecule has 1 aromatic carbocycles. The van der Waals surface area contributed by atoms with Gasteiger partial charge in [0.2, 0.25) is 5.91 Å². The highest BCUT2D eigenvalue weighted by atomic mass is 35.5. The Kier molecular flexibility index (Phi) is 6.98. The number of aliphatic hydroxyl groups excluding tert-OH is 1. The lowest BCUT2D eigenvalue weighted by molar-refractivity contribution is -0.125. The summed E-state index contributed by atoms with van der Waals surface area (Å²) in [7, 11) is 0. The van der Waals surface area contributed by atoms with E-state index in [1.54, 1.807) is 0 Å². The average Bonchev–Trinajstić information content (AvgIpc) is 3.10. The van der Waals surface area contributed by atoms with E-state index in [0.717, 1.165) is 4.68 Å². The lowest BCUT2D eigenvalue weighted by Gasteiger charge is -2.30. The number of carbonyl (C=O) groups is 2. The standard InChI is InChI=1S/C21H26ClFN4O4/c1-21(2,3)18(19(29)24-7-8-28)25-20(30)27-16-11-31-9-6-13(16)17(26-27)14-10-12(22)4-5-15(14)23/h4-5,10,18,28H,6-9,11H2,1-3H3,(H,24,29)(H,25,30)/t18-/m1/s1. The zero-order valence-electron chi connectivity index (χ0n) is 17.7. The Labute approximate surface area is 184 Å². The lowest BCUT2D eigenvalue weighted by Crippen LogP contribution is -2.55. The van der Waals surface area contributed by atoms with E-state index < -0.39 is 29.2 Å². The first-order valence-electron chi connectivity index (χ1n) is 9.97. The van der Waals surface area contributed by atoms with Gasteiger partial charge in [-0.1, -0.05) is 32.4 Å². The lowest BCUT2D eigenvalue weighted by atomic mass is 9.86. The van der Waals surface area contributed by atoms with Crippen LogP contribution in [0.15, 0.2) is 18.2 Å². The van der Waals surface area contributed by atoms with Crippen LogP contribution in [0.25, 0.3) is 11.3 Å². The molecule has 1 aliphatic rings. The summed E-state index contributed by atoms with van der Waals surface area (Å²) >= 11 is 6.05. The second kappa shape index (κ2) is 9.33. The van der Waals surface area contributed by atoms with Gasteiger partial charge in [-0.15, -0.1) is 0 Å². The third-order valence-electron chi connectivity index (χ3n) is 5.01. The molecule has 0 radical (unpaired) electrons.